The largest absolute Gasteiger partial charge is 0.482 e. The van der Waals surface area contributed by atoms with E-state index in [1.165, 1.54) is 24.3 Å². The van der Waals surface area contributed by atoms with Gasteiger partial charge in [-0.05, 0) is 66.2 Å². The molecule has 10 heteroatoms. The van der Waals surface area contributed by atoms with Crippen LogP contribution in [-0.2, 0) is 16.1 Å². The zero-order valence-electron chi connectivity index (χ0n) is 18.9. The highest BCUT2D eigenvalue weighted by Gasteiger charge is 2.35. The van der Waals surface area contributed by atoms with E-state index >= 15 is 0 Å². The Morgan fingerprint density at radius 3 is 2.58 bits per heavy atom. The Labute approximate surface area is 221 Å². The fourth-order valence-electron chi connectivity index (χ4n) is 3.32. The van der Waals surface area contributed by atoms with Gasteiger partial charge in [-0.3, -0.25) is 19.3 Å². The molecule has 0 saturated carbocycles. The first-order chi connectivity index (χ1) is 17.2. The summed E-state index contributed by atoms with van der Waals surface area (Å²) in [6.45, 7) is 1.43. The van der Waals surface area contributed by atoms with Crippen LogP contribution in [0.4, 0.5) is 14.9 Å². The summed E-state index contributed by atoms with van der Waals surface area (Å²) < 4.78 is 19.5. The Kier molecular flexibility index (Phi) is 7.98. The van der Waals surface area contributed by atoms with E-state index in [0.717, 1.165) is 22.2 Å². The van der Waals surface area contributed by atoms with Gasteiger partial charge in [0, 0.05) is 16.3 Å². The number of ether oxygens (including phenoxy) is 1. The lowest BCUT2D eigenvalue weighted by molar-refractivity contribution is -0.123. The molecule has 1 aliphatic rings. The molecule has 1 N–H and O–H groups in total. The number of nitrogens with zero attached hydrogens (tertiary/aromatic N) is 1. The van der Waals surface area contributed by atoms with Gasteiger partial charge in [-0.2, -0.15) is 0 Å². The van der Waals surface area contributed by atoms with E-state index in [1.807, 2.05) is 6.92 Å². The standard InChI is InChI=1S/C26H19Cl2FN2O4S/c1-15-6-8-18(12-19(15)27)30-24(32)14-35-22-9-7-16(10-20(22)28)11-23-25(33)31(26(34)36-23)13-17-4-2-3-5-21(17)29/h2-12H,13-14H2,1H3,(H,30,32)/b23-11-. The quantitative estimate of drug-likeness (QED) is 0.335. The highest BCUT2D eigenvalue weighted by molar-refractivity contribution is 8.18. The fraction of sp³-hybridized carbons (Fsp3) is 0.115. The molecule has 1 heterocycles. The lowest BCUT2D eigenvalue weighted by atomic mass is 10.2. The first kappa shape index (κ1) is 25.8. The highest BCUT2D eigenvalue weighted by Crippen LogP contribution is 2.35. The first-order valence-corrected chi connectivity index (χ1v) is 12.3. The SMILES string of the molecule is Cc1ccc(NC(=O)COc2ccc(/C=C3\SC(=O)N(Cc4ccccc4F)C3=O)cc2Cl)cc1Cl. The molecule has 0 radical (unpaired) electrons. The Morgan fingerprint density at radius 1 is 1.08 bits per heavy atom. The van der Waals surface area contributed by atoms with Crippen molar-refractivity contribution in [1.29, 1.82) is 0 Å². The second kappa shape index (κ2) is 11.2. The molecule has 0 atom stereocenters. The molecular formula is C26H19Cl2FN2O4S. The Hall–Kier alpha value is -3.33. The number of aryl methyl sites for hydroxylation is 1. The number of hydrogen-bond donors (Lipinski definition) is 1. The van der Waals surface area contributed by atoms with Gasteiger partial charge in [-0.25, -0.2) is 4.39 Å². The molecule has 0 aromatic heterocycles. The van der Waals surface area contributed by atoms with E-state index in [2.05, 4.69) is 5.32 Å². The molecule has 0 aliphatic carbocycles. The minimum absolute atomic E-state index is 0.154. The normalized spacial score (nSPS) is 14.4. The number of hydrogen-bond acceptors (Lipinski definition) is 5. The summed E-state index contributed by atoms with van der Waals surface area (Å²) in [7, 11) is 0. The van der Waals surface area contributed by atoms with Gasteiger partial charge in [0.15, 0.2) is 6.61 Å². The smallest absolute Gasteiger partial charge is 0.293 e. The van der Waals surface area contributed by atoms with E-state index in [4.69, 9.17) is 27.9 Å². The van der Waals surface area contributed by atoms with E-state index in [-0.39, 0.29) is 34.4 Å². The van der Waals surface area contributed by atoms with Crippen molar-refractivity contribution in [2.24, 2.45) is 0 Å². The van der Waals surface area contributed by atoms with E-state index < -0.39 is 22.9 Å². The van der Waals surface area contributed by atoms with Crippen LogP contribution in [0.25, 0.3) is 6.08 Å². The predicted molar refractivity (Wildman–Crippen MR) is 140 cm³/mol. The van der Waals surface area contributed by atoms with Gasteiger partial charge in [0.05, 0.1) is 16.5 Å². The zero-order valence-corrected chi connectivity index (χ0v) is 21.2. The summed E-state index contributed by atoms with van der Waals surface area (Å²) in [6.07, 6.45) is 1.52. The average molecular weight is 545 g/mol. The number of rotatable bonds is 7. The van der Waals surface area contributed by atoms with Crippen molar-refractivity contribution in [1.82, 2.24) is 4.90 Å². The van der Waals surface area contributed by atoms with Crippen LogP contribution in [0.15, 0.2) is 65.6 Å². The van der Waals surface area contributed by atoms with Gasteiger partial charge in [0.1, 0.15) is 11.6 Å². The van der Waals surface area contributed by atoms with Crippen molar-refractivity contribution >= 4 is 63.8 Å². The highest BCUT2D eigenvalue weighted by atomic mass is 35.5. The molecular weight excluding hydrogens is 526 g/mol. The average Bonchev–Trinajstić information content (AvgIpc) is 3.09. The number of benzene rings is 3. The molecule has 0 spiro atoms. The number of halogens is 3. The lowest BCUT2D eigenvalue weighted by Gasteiger charge is -2.12. The summed E-state index contributed by atoms with van der Waals surface area (Å²) in [6, 6.07) is 15.9. The second-order valence-corrected chi connectivity index (χ2v) is 9.66. The Balaban J connectivity index is 1.39. The van der Waals surface area contributed by atoms with Crippen LogP contribution >= 0.6 is 35.0 Å². The number of imide groups is 1. The second-order valence-electron chi connectivity index (χ2n) is 7.85. The molecule has 3 aromatic carbocycles. The molecule has 1 aliphatic heterocycles. The van der Waals surface area contributed by atoms with E-state index in [1.54, 1.807) is 42.5 Å². The lowest BCUT2D eigenvalue weighted by Crippen LogP contribution is -2.27. The number of anilines is 1. The van der Waals surface area contributed by atoms with E-state index in [9.17, 15) is 18.8 Å². The third-order valence-corrected chi connectivity index (χ3v) is 6.84. The zero-order chi connectivity index (χ0) is 25.8. The van der Waals surface area contributed by atoms with Gasteiger partial charge >= 0.3 is 0 Å². The molecule has 0 bridgehead atoms. The predicted octanol–water partition coefficient (Wildman–Crippen LogP) is 6.69. The topological polar surface area (TPSA) is 75.7 Å². The van der Waals surface area contributed by atoms with Crippen molar-refractivity contribution in [2.45, 2.75) is 13.5 Å². The molecule has 36 heavy (non-hydrogen) atoms. The van der Waals surface area contributed by atoms with Crippen LogP contribution in [0.1, 0.15) is 16.7 Å². The molecule has 3 amide bonds. The van der Waals surface area contributed by atoms with Gasteiger partial charge in [-0.1, -0.05) is 53.5 Å². The number of carbonyl (C=O) groups is 3. The number of nitrogens with one attached hydrogen (secondary N) is 1. The van der Waals surface area contributed by atoms with E-state index in [0.29, 0.717) is 16.3 Å². The molecule has 4 rings (SSSR count). The minimum Gasteiger partial charge on any atom is -0.482 e. The third kappa shape index (κ3) is 6.07. The Bertz CT molecular complexity index is 1400. The summed E-state index contributed by atoms with van der Waals surface area (Å²) >= 11 is 13.1. The van der Waals surface area contributed by atoms with Gasteiger partial charge in [-0.15, -0.1) is 0 Å². The van der Waals surface area contributed by atoms with Crippen LogP contribution in [0.3, 0.4) is 0 Å². The molecule has 3 aromatic rings. The summed E-state index contributed by atoms with van der Waals surface area (Å²) in [4.78, 5) is 38.5. The summed E-state index contributed by atoms with van der Waals surface area (Å²) in [5, 5.41) is 2.97. The maximum absolute atomic E-state index is 13.9. The number of carbonyl (C=O) groups excluding carboxylic acids is 3. The van der Waals surface area contributed by atoms with Crippen molar-refractivity contribution < 1.29 is 23.5 Å². The maximum Gasteiger partial charge on any atom is 0.293 e. The van der Waals surface area contributed by atoms with Crippen molar-refractivity contribution in [2.75, 3.05) is 11.9 Å². The van der Waals surface area contributed by atoms with Gasteiger partial charge in [0.2, 0.25) is 0 Å². The monoisotopic (exact) mass is 544 g/mol. The minimum atomic E-state index is -0.516. The van der Waals surface area contributed by atoms with Crippen molar-refractivity contribution in [3.8, 4) is 5.75 Å². The maximum atomic E-state index is 13.9. The summed E-state index contributed by atoms with van der Waals surface area (Å²) in [5.74, 6) is -1.12. The third-order valence-electron chi connectivity index (χ3n) is 5.23. The number of amides is 3. The molecule has 1 fully saturated rings. The van der Waals surface area contributed by atoms with Gasteiger partial charge < -0.3 is 10.1 Å². The summed E-state index contributed by atoms with van der Waals surface area (Å²) in [5.41, 5.74) is 2.25. The first-order valence-electron chi connectivity index (χ1n) is 10.7. The van der Waals surface area contributed by atoms with Crippen LogP contribution in [0.2, 0.25) is 10.0 Å². The molecule has 184 valence electrons. The van der Waals surface area contributed by atoms with Crippen LogP contribution in [0.5, 0.6) is 5.75 Å². The molecule has 6 nitrogen and oxygen atoms in total. The van der Waals surface area contributed by atoms with Gasteiger partial charge in [0.25, 0.3) is 17.1 Å². The number of thioether (sulfide) groups is 1. The van der Waals surface area contributed by atoms with Crippen LogP contribution in [0, 0.1) is 12.7 Å². The van der Waals surface area contributed by atoms with Crippen molar-refractivity contribution in [3.63, 3.8) is 0 Å². The molecule has 0 unspecified atom stereocenters. The van der Waals surface area contributed by atoms with Crippen LogP contribution in [-0.4, -0.2) is 28.6 Å². The Morgan fingerprint density at radius 2 is 1.86 bits per heavy atom. The molecule has 1 saturated heterocycles. The van der Waals surface area contributed by atoms with Crippen LogP contribution < -0.4 is 10.1 Å². The fourth-order valence-corrected chi connectivity index (χ4v) is 4.58. The van der Waals surface area contributed by atoms with Crippen molar-refractivity contribution in [3.05, 3.63) is 98.1 Å².